The first-order valence-corrected chi connectivity index (χ1v) is 10.5. The van der Waals surface area contributed by atoms with Crippen molar-refractivity contribution in [2.24, 2.45) is 0 Å². The minimum absolute atomic E-state index is 0.0680. The van der Waals surface area contributed by atoms with Crippen LogP contribution in [0.1, 0.15) is 40.9 Å². The van der Waals surface area contributed by atoms with Crippen molar-refractivity contribution in [2.75, 3.05) is 23.8 Å². The summed E-state index contributed by atoms with van der Waals surface area (Å²) in [6.07, 6.45) is 4.23. The highest BCUT2D eigenvalue weighted by atomic mass is 19.1. The van der Waals surface area contributed by atoms with Crippen molar-refractivity contribution in [1.82, 2.24) is 19.5 Å². The summed E-state index contributed by atoms with van der Waals surface area (Å²) in [5, 5.41) is 15.5. The van der Waals surface area contributed by atoms with Crippen LogP contribution in [0.4, 0.5) is 30.8 Å². The van der Waals surface area contributed by atoms with Gasteiger partial charge < -0.3 is 20.5 Å². The standard InChI is InChI=1S/C21H23F3N6O2/c22-11-7-15(23)18(16(24)8-11)28-21-27-17-9-25-20(26-12-1-3-14(31)4-2-12)29-19(17)30(21)13-5-6-32-10-13/h7-9,12-14,31H,1-6,10H2,(H,27,28)(H,25,26,29)/t12-,13-,14-/m0/s1/i10D2. The van der Waals surface area contributed by atoms with Gasteiger partial charge in [0.25, 0.3) is 0 Å². The highest BCUT2D eigenvalue weighted by Gasteiger charge is 2.27. The summed E-state index contributed by atoms with van der Waals surface area (Å²) >= 11 is 0. The number of rotatable bonds is 5. The smallest absolute Gasteiger partial charge is 0.224 e. The molecule has 1 saturated carbocycles. The van der Waals surface area contributed by atoms with Gasteiger partial charge in [-0.2, -0.15) is 4.98 Å². The lowest BCUT2D eigenvalue weighted by atomic mass is 9.93. The fraction of sp³-hybridized carbons (Fsp3) is 0.476. The Kier molecular flexibility index (Phi) is 4.98. The van der Waals surface area contributed by atoms with Crippen molar-refractivity contribution in [3.63, 3.8) is 0 Å². The van der Waals surface area contributed by atoms with E-state index in [2.05, 4.69) is 25.6 Å². The number of ether oxygens (including phenoxy) is 1. The minimum atomic E-state index is -2.08. The Morgan fingerprint density at radius 3 is 2.53 bits per heavy atom. The van der Waals surface area contributed by atoms with Gasteiger partial charge in [0.1, 0.15) is 17.0 Å². The van der Waals surface area contributed by atoms with Crippen molar-refractivity contribution in [3.05, 3.63) is 35.8 Å². The van der Waals surface area contributed by atoms with Gasteiger partial charge in [0.05, 0.1) is 27.6 Å². The average Bonchev–Trinajstić information content (AvgIpc) is 3.30. The molecule has 11 heteroatoms. The molecule has 5 rings (SSSR count). The zero-order chi connectivity index (χ0) is 24.0. The highest BCUT2D eigenvalue weighted by molar-refractivity contribution is 5.76. The number of hydrogen-bond acceptors (Lipinski definition) is 7. The van der Waals surface area contributed by atoms with Crippen molar-refractivity contribution < 1.29 is 25.8 Å². The lowest BCUT2D eigenvalue weighted by Crippen LogP contribution is -2.29. The van der Waals surface area contributed by atoms with E-state index in [1.165, 1.54) is 10.8 Å². The molecular weight excluding hydrogens is 425 g/mol. The van der Waals surface area contributed by atoms with E-state index in [0.29, 0.717) is 30.9 Å². The zero-order valence-corrected chi connectivity index (χ0v) is 17.0. The third kappa shape index (κ3) is 4.09. The van der Waals surface area contributed by atoms with Crippen molar-refractivity contribution in [2.45, 2.75) is 50.3 Å². The van der Waals surface area contributed by atoms with Crippen molar-refractivity contribution >= 4 is 28.7 Å². The quantitative estimate of drug-likeness (QED) is 0.546. The first-order chi connectivity index (χ1) is 16.2. The number of aromatic nitrogens is 4. The lowest BCUT2D eigenvalue weighted by molar-refractivity contribution is 0.126. The number of hydrogen-bond donors (Lipinski definition) is 3. The van der Waals surface area contributed by atoms with E-state index in [1.807, 2.05) is 0 Å². The summed E-state index contributed by atoms with van der Waals surface area (Å²) in [7, 11) is 0. The van der Waals surface area contributed by atoms with Gasteiger partial charge >= 0.3 is 0 Å². The van der Waals surface area contributed by atoms with Gasteiger partial charge in [-0.3, -0.25) is 4.57 Å². The number of nitrogens with zero attached hydrogens (tertiary/aromatic N) is 4. The molecule has 2 fully saturated rings. The van der Waals surface area contributed by atoms with Gasteiger partial charge in [0.2, 0.25) is 11.9 Å². The molecule has 0 amide bonds. The first kappa shape index (κ1) is 18.6. The normalized spacial score (nSPS) is 26.1. The van der Waals surface area contributed by atoms with E-state index >= 15 is 0 Å². The Bertz CT molecular complexity index is 1200. The summed E-state index contributed by atoms with van der Waals surface area (Å²) < 4.78 is 65.2. The molecule has 3 aromatic rings. The molecule has 3 N–H and O–H groups in total. The van der Waals surface area contributed by atoms with Gasteiger partial charge in [0, 0.05) is 24.8 Å². The zero-order valence-electron chi connectivity index (χ0n) is 19.0. The number of fused-ring (bicyclic) bond motifs is 1. The molecule has 0 radical (unpaired) electrons. The summed E-state index contributed by atoms with van der Waals surface area (Å²) in [5.74, 6) is -3.16. The molecule has 170 valence electrons. The molecule has 2 aromatic heterocycles. The second kappa shape index (κ2) is 8.55. The van der Waals surface area contributed by atoms with Gasteiger partial charge in [-0.25, -0.2) is 23.1 Å². The molecule has 0 spiro atoms. The van der Waals surface area contributed by atoms with E-state index in [1.54, 1.807) is 0 Å². The molecule has 32 heavy (non-hydrogen) atoms. The van der Waals surface area contributed by atoms with Gasteiger partial charge in [-0.05, 0) is 32.1 Å². The van der Waals surface area contributed by atoms with Crippen LogP contribution in [0, 0.1) is 17.5 Å². The fourth-order valence-corrected chi connectivity index (χ4v) is 4.09. The summed E-state index contributed by atoms with van der Waals surface area (Å²) in [5.41, 5.74) is -0.0969. The van der Waals surface area contributed by atoms with Gasteiger partial charge in [0.15, 0.2) is 17.3 Å². The number of aliphatic hydroxyl groups excluding tert-OH is 1. The summed E-state index contributed by atoms with van der Waals surface area (Å²) in [4.78, 5) is 13.1. The van der Waals surface area contributed by atoms with Gasteiger partial charge in [-0.15, -0.1) is 0 Å². The maximum Gasteiger partial charge on any atom is 0.224 e. The Hall–Kier alpha value is -2.92. The molecule has 1 aliphatic heterocycles. The molecule has 1 aliphatic carbocycles. The third-order valence-corrected chi connectivity index (χ3v) is 5.73. The van der Waals surface area contributed by atoms with Crippen LogP contribution in [0.5, 0.6) is 0 Å². The Morgan fingerprint density at radius 2 is 1.84 bits per heavy atom. The van der Waals surface area contributed by atoms with Crippen LogP contribution >= 0.6 is 0 Å². The van der Waals surface area contributed by atoms with E-state index in [0.717, 1.165) is 12.8 Å². The van der Waals surface area contributed by atoms with Crippen molar-refractivity contribution in [3.8, 4) is 0 Å². The Morgan fingerprint density at radius 1 is 1.09 bits per heavy atom. The lowest BCUT2D eigenvalue weighted by Gasteiger charge is -2.26. The fourth-order valence-electron chi connectivity index (χ4n) is 4.09. The molecule has 0 unspecified atom stereocenters. The predicted molar refractivity (Wildman–Crippen MR) is 111 cm³/mol. The molecule has 8 nitrogen and oxygen atoms in total. The average molecular weight is 450 g/mol. The number of nitrogens with one attached hydrogen (secondary N) is 2. The van der Waals surface area contributed by atoms with Crippen LogP contribution in [0.15, 0.2) is 18.3 Å². The van der Waals surface area contributed by atoms with Crippen LogP contribution in [-0.4, -0.2) is 49.9 Å². The number of halogens is 3. The highest BCUT2D eigenvalue weighted by Crippen LogP contribution is 2.32. The first-order valence-electron chi connectivity index (χ1n) is 11.5. The van der Waals surface area contributed by atoms with Gasteiger partial charge in [-0.1, -0.05) is 0 Å². The van der Waals surface area contributed by atoms with E-state index in [9.17, 15) is 18.3 Å². The van der Waals surface area contributed by atoms with E-state index in [-0.39, 0.29) is 42.3 Å². The molecule has 3 heterocycles. The van der Waals surface area contributed by atoms with E-state index in [4.69, 9.17) is 7.48 Å². The van der Waals surface area contributed by atoms with Crippen LogP contribution in [-0.2, 0) is 4.74 Å². The second-order valence-electron chi connectivity index (χ2n) is 8.00. The molecule has 2 aliphatic rings. The van der Waals surface area contributed by atoms with Crippen LogP contribution < -0.4 is 10.6 Å². The van der Waals surface area contributed by atoms with Crippen LogP contribution in [0.2, 0.25) is 0 Å². The maximum absolute atomic E-state index is 14.3. The largest absolute Gasteiger partial charge is 0.393 e. The third-order valence-electron chi connectivity index (χ3n) is 5.73. The Balaban J connectivity index is 1.56. The Labute approximate surface area is 184 Å². The number of anilines is 3. The number of benzene rings is 1. The van der Waals surface area contributed by atoms with E-state index < -0.39 is 35.7 Å². The second-order valence-corrected chi connectivity index (χ2v) is 8.00. The minimum Gasteiger partial charge on any atom is -0.393 e. The van der Waals surface area contributed by atoms with Crippen LogP contribution in [0.25, 0.3) is 11.2 Å². The summed E-state index contributed by atoms with van der Waals surface area (Å²) in [6, 6.07) is 0.260. The van der Waals surface area contributed by atoms with Crippen molar-refractivity contribution in [1.29, 1.82) is 0 Å². The molecule has 1 atom stereocenters. The summed E-state index contributed by atoms with van der Waals surface area (Å²) in [6.45, 7) is -1.95. The number of imidazole rings is 1. The molecule has 1 aromatic carbocycles. The predicted octanol–water partition coefficient (Wildman–Crippen LogP) is 3.66. The molecule has 1 saturated heterocycles. The monoisotopic (exact) mass is 450 g/mol. The number of aliphatic hydroxyl groups is 1. The van der Waals surface area contributed by atoms with Crippen LogP contribution in [0.3, 0.4) is 0 Å². The topological polar surface area (TPSA) is 97.1 Å². The molecule has 0 bridgehead atoms. The maximum atomic E-state index is 14.3. The SMILES string of the molecule is [2H]C1([2H])OCC[C@@H]1n1c(Nc2c(F)cc(F)cc2F)nc2cnc(N[C@H]3CC[C@H](O)CC3)nc21. The molecular formula is C21H23F3N6O2.